The number of halogens is 6. The zero-order chi connectivity index (χ0) is 15.6. The van der Waals surface area contributed by atoms with E-state index in [1.165, 1.54) is 0 Å². The highest BCUT2D eigenvalue weighted by atomic mass is 32.1. The van der Waals surface area contributed by atoms with E-state index < -0.39 is 25.1 Å². The van der Waals surface area contributed by atoms with E-state index in [0.717, 1.165) is 37.9 Å². The molecule has 8 heteroatoms. The Morgan fingerprint density at radius 2 is 1.10 bits per heavy atom. The van der Waals surface area contributed by atoms with Gasteiger partial charge in [0.25, 0.3) is 0 Å². The van der Waals surface area contributed by atoms with Gasteiger partial charge in [-0.3, -0.25) is 0 Å². The van der Waals surface area contributed by atoms with Gasteiger partial charge in [-0.05, 0) is 18.6 Å². The van der Waals surface area contributed by atoms with E-state index in [1.54, 1.807) is 0 Å². The van der Waals surface area contributed by atoms with Gasteiger partial charge in [-0.2, -0.15) is 39.0 Å². The predicted octanol–water partition coefficient (Wildman–Crippen LogP) is 5.16. The third kappa shape index (κ3) is 9.74. The van der Waals surface area contributed by atoms with Crippen LogP contribution in [0.5, 0.6) is 0 Å². The van der Waals surface area contributed by atoms with E-state index >= 15 is 0 Å². The SMILES string of the molecule is FC(F)(F)C(OCCCCCCCCCS)C(F)(F)F. The molecule has 0 saturated carbocycles. The van der Waals surface area contributed by atoms with Crippen LogP contribution in [0.25, 0.3) is 0 Å². The summed E-state index contributed by atoms with van der Waals surface area (Å²) in [6.07, 6.45) is -8.93. The van der Waals surface area contributed by atoms with Crippen LogP contribution in [0.15, 0.2) is 0 Å². The molecule has 0 rings (SSSR count). The minimum atomic E-state index is -5.41. The molecule has 0 fully saturated rings. The quantitative estimate of drug-likeness (QED) is 0.331. The first-order chi connectivity index (χ1) is 9.19. The van der Waals surface area contributed by atoms with Gasteiger partial charge >= 0.3 is 12.4 Å². The van der Waals surface area contributed by atoms with Crippen molar-refractivity contribution in [1.82, 2.24) is 0 Å². The molecule has 1 nitrogen and oxygen atoms in total. The van der Waals surface area contributed by atoms with Crippen LogP contribution in [0.2, 0.25) is 0 Å². The van der Waals surface area contributed by atoms with Gasteiger partial charge in [0.05, 0.1) is 0 Å². The van der Waals surface area contributed by atoms with Gasteiger partial charge in [0.1, 0.15) is 0 Å². The van der Waals surface area contributed by atoms with Crippen molar-refractivity contribution in [2.75, 3.05) is 12.4 Å². The van der Waals surface area contributed by atoms with Gasteiger partial charge in [-0.25, -0.2) is 0 Å². The van der Waals surface area contributed by atoms with Crippen LogP contribution in [0.4, 0.5) is 26.3 Å². The van der Waals surface area contributed by atoms with Crippen molar-refractivity contribution >= 4 is 12.6 Å². The number of alkyl halides is 6. The molecule has 0 bridgehead atoms. The van der Waals surface area contributed by atoms with Crippen LogP contribution in [-0.4, -0.2) is 30.8 Å². The van der Waals surface area contributed by atoms with E-state index in [9.17, 15) is 26.3 Å². The maximum atomic E-state index is 12.1. The summed E-state index contributed by atoms with van der Waals surface area (Å²) in [5.74, 6) is 0.824. The number of rotatable bonds is 10. The normalized spacial score (nSPS) is 13.2. The van der Waals surface area contributed by atoms with Crippen molar-refractivity contribution in [2.45, 2.75) is 63.4 Å². The Bertz CT molecular complexity index is 227. The Morgan fingerprint density at radius 3 is 1.50 bits per heavy atom. The number of hydrogen-bond donors (Lipinski definition) is 1. The maximum Gasteiger partial charge on any atom is 0.423 e. The van der Waals surface area contributed by atoms with Crippen molar-refractivity contribution in [3.05, 3.63) is 0 Å². The lowest BCUT2D eigenvalue weighted by Gasteiger charge is -2.23. The fraction of sp³-hybridized carbons (Fsp3) is 1.00. The summed E-state index contributed by atoms with van der Waals surface area (Å²) in [6.45, 7) is -0.527. The van der Waals surface area contributed by atoms with Gasteiger partial charge in [0.2, 0.25) is 6.10 Å². The summed E-state index contributed by atoms with van der Waals surface area (Å²) < 4.78 is 76.6. The Balaban J connectivity index is 3.71. The van der Waals surface area contributed by atoms with Crippen LogP contribution in [0, 0.1) is 0 Å². The minimum Gasteiger partial charge on any atom is -0.361 e. The van der Waals surface area contributed by atoms with E-state index in [-0.39, 0.29) is 6.42 Å². The number of ether oxygens (including phenoxy) is 1. The lowest BCUT2D eigenvalue weighted by Crippen LogP contribution is -2.44. The molecule has 0 aromatic heterocycles. The minimum absolute atomic E-state index is 0.204. The second kappa shape index (κ2) is 9.76. The second-order valence-electron chi connectivity index (χ2n) is 4.53. The van der Waals surface area contributed by atoms with Crippen LogP contribution >= 0.6 is 12.6 Å². The molecule has 0 N–H and O–H groups in total. The molecule has 122 valence electrons. The average Bonchev–Trinajstić information content (AvgIpc) is 2.28. The van der Waals surface area contributed by atoms with Gasteiger partial charge in [-0.1, -0.05) is 32.1 Å². The Kier molecular flexibility index (Phi) is 9.71. The van der Waals surface area contributed by atoms with E-state index in [0.29, 0.717) is 6.42 Å². The Labute approximate surface area is 120 Å². The van der Waals surface area contributed by atoms with Crippen molar-refractivity contribution in [3.8, 4) is 0 Å². The fourth-order valence-corrected chi connectivity index (χ4v) is 1.90. The predicted molar refractivity (Wildman–Crippen MR) is 68.0 cm³/mol. The van der Waals surface area contributed by atoms with Crippen LogP contribution < -0.4 is 0 Å². The topological polar surface area (TPSA) is 9.23 Å². The lowest BCUT2D eigenvalue weighted by molar-refractivity contribution is -0.321. The molecule has 0 radical (unpaired) electrons. The molecule has 0 saturated heterocycles. The van der Waals surface area contributed by atoms with E-state index in [1.807, 2.05) is 0 Å². The molecule has 0 heterocycles. The summed E-state index contributed by atoms with van der Waals surface area (Å²) in [6, 6.07) is 0. The van der Waals surface area contributed by atoms with E-state index in [2.05, 4.69) is 17.4 Å². The summed E-state index contributed by atoms with van der Waals surface area (Å²) in [5.41, 5.74) is 0. The Morgan fingerprint density at radius 1 is 0.700 bits per heavy atom. The molecule has 0 spiro atoms. The lowest BCUT2D eigenvalue weighted by atomic mass is 10.1. The third-order valence-electron chi connectivity index (χ3n) is 2.68. The zero-order valence-corrected chi connectivity index (χ0v) is 12.0. The molecule has 0 amide bonds. The summed E-state index contributed by atoms with van der Waals surface area (Å²) in [7, 11) is 0. The van der Waals surface area contributed by atoms with Crippen LogP contribution in [-0.2, 0) is 4.74 Å². The highest BCUT2D eigenvalue weighted by Gasteiger charge is 2.57. The van der Waals surface area contributed by atoms with Crippen molar-refractivity contribution in [2.24, 2.45) is 0 Å². The van der Waals surface area contributed by atoms with Crippen molar-refractivity contribution in [3.63, 3.8) is 0 Å². The van der Waals surface area contributed by atoms with Gasteiger partial charge in [-0.15, -0.1) is 0 Å². The molecule has 0 aromatic rings. The number of hydrogen-bond acceptors (Lipinski definition) is 2. The van der Waals surface area contributed by atoms with Crippen molar-refractivity contribution in [1.29, 1.82) is 0 Å². The first kappa shape index (κ1) is 19.9. The van der Waals surface area contributed by atoms with Crippen LogP contribution in [0.1, 0.15) is 44.9 Å². The van der Waals surface area contributed by atoms with Gasteiger partial charge in [0.15, 0.2) is 0 Å². The molecule has 0 unspecified atom stereocenters. The standard InChI is InChI=1S/C12H20F6OS/c13-11(14,15)10(12(16,17)18)19-8-6-4-2-1-3-5-7-9-20/h10,20H,1-9H2. The monoisotopic (exact) mass is 326 g/mol. The first-order valence-corrected chi connectivity index (χ1v) is 7.18. The highest BCUT2D eigenvalue weighted by Crippen LogP contribution is 2.35. The Hall–Kier alpha value is -0.110. The van der Waals surface area contributed by atoms with Gasteiger partial charge < -0.3 is 4.74 Å². The molecule has 0 aliphatic heterocycles. The molecule has 20 heavy (non-hydrogen) atoms. The second-order valence-corrected chi connectivity index (χ2v) is 4.98. The molecule has 0 atom stereocenters. The van der Waals surface area contributed by atoms with E-state index in [4.69, 9.17) is 0 Å². The maximum absolute atomic E-state index is 12.1. The largest absolute Gasteiger partial charge is 0.423 e. The third-order valence-corrected chi connectivity index (χ3v) is 3.00. The smallest absolute Gasteiger partial charge is 0.361 e. The van der Waals surface area contributed by atoms with Crippen LogP contribution in [0.3, 0.4) is 0 Å². The number of unbranched alkanes of at least 4 members (excludes halogenated alkanes) is 6. The summed E-state index contributed by atoms with van der Waals surface area (Å²) in [5, 5.41) is 0. The number of thiol groups is 1. The summed E-state index contributed by atoms with van der Waals surface area (Å²) in [4.78, 5) is 0. The van der Waals surface area contributed by atoms with Crippen molar-refractivity contribution < 1.29 is 31.1 Å². The van der Waals surface area contributed by atoms with Gasteiger partial charge in [0, 0.05) is 6.61 Å². The molecule has 0 aliphatic rings. The molecule has 0 aliphatic carbocycles. The highest BCUT2D eigenvalue weighted by molar-refractivity contribution is 7.80. The molecule has 0 aromatic carbocycles. The molecular weight excluding hydrogens is 306 g/mol. The first-order valence-electron chi connectivity index (χ1n) is 6.55. The summed E-state index contributed by atoms with van der Waals surface area (Å²) >= 11 is 4.06. The molecular formula is C12H20F6OS. The zero-order valence-electron chi connectivity index (χ0n) is 11.1. The average molecular weight is 326 g/mol. The fourth-order valence-electron chi connectivity index (χ4n) is 1.67.